The number of nitrogens with zero attached hydrogens (tertiary/aromatic N) is 4. The molecule has 7 heteroatoms. The minimum Gasteiger partial charge on any atom is -0.366 e. The van der Waals surface area contributed by atoms with Crippen LogP contribution in [-0.2, 0) is 6.54 Å². The maximum Gasteiger partial charge on any atom is 0.251 e. The van der Waals surface area contributed by atoms with Crippen LogP contribution in [-0.4, -0.2) is 38.8 Å². The van der Waals surface area contributed by atoms with Gasteiger partial charge in [-0.15, -0.1) is 0 Å². The summed E-state index contributed by atoms with van der Waals surface area (Å²) in [7, 11) is 0. The third-order valence-electron chi connectivity index (χ3n) is 3.76. The zero-order chi connectivity index (χ0) is 14.3. The summed E-state index contributed by atoms with van der Waals surface area (Å²) in [6.07, 6.45) is 3.22. The Morgan fingerprint density at radius 1 is 1.50 bits per heavy atom. The molecule has 0 unspecified atom stereocenters. The number of aromatic nitrogens is 3. The molecule has 0 atom stereocenters. The van der Waals surface area contributed by atoms with Gasteiger partial charge in [-0.25, -0.2) is 0 Å². The van der Waals surface area contributed by atoms with Crippen molar-refractivity contribution in [1.82, 2.24) is 19.8 Å². The fourth-order valence-electron chi connectivity index (χ4n) is 2.46. The van der Waals surface area contributed by atoms with E-state index in [2.05, 4.69) is 15.2 Å². The van der Waals surface area contributed by atoms with Crippen molar-refractivity contribution in [3.8, 4) is 0 Å². The topological polar surface area (TPSA) is 90.2 Å². The molecule has 106 valence electrons. The highest BCUT2D eigenvalue weighted by Crippen LogP contribution is 2.25. The Balaban J connectivity index is 1.60. The first kappa shape index (κ1) is 12.9. The number of aryl methyl sites for hydroxylation is 2. The monoisotopic (exact) mass is 275 g/mol. The van der Waals surface area contributed by atoms with Crippen LogP contribution >= 0.6 is 0 Å². The first-order valence-corrected chi connectivity index (χ1v) is 6.52. The van der Waals surface area contributed by atoms with Crippen LogP contribution in [0.1, 0.15) is 33.4 Å². The summed E-state index contributed by atoms with van der Waals surface area (Å²) < 4.78 is 6.97. The van der Waals surface area contributed by atoms with Gasteiger partial charge in [0.05, 0.1) is 23.5 Å². The van der Waals surface area contributed by atoms with Gasteiger partial charge in [0.25, 0.3) is 5.91 Å². The van der Waals surface area contributed by atoms with E-state index in [1.165, 1.54) is 6.20 Å². The third-order valence-corrected chi connectivity index (χ3v) is 3.76. The summed E-state index contributed by atoms with van der Waals surface area (Å²) in [5.41, 5.74) is 7.77. The Morgan fingerprint density at radius 3 is 2.80 bits per heavy atom. The predicted molar refractivity (Wildman–Crippen MR) is 71.0 cm³/mol. The number of nitrogens with two attached hydrogens (primary N) is 1. The number of hydrogen-bond acceptors (Lipinski definition) is 5. The SMILES string of the molecule is Cc1noc(C)c1CN1CC(n2cc(C(N)=O)cn2)C1. The second-order valence-corrected chi connectivity index (χ2v) is 5.22. The molecule has 3 rings (SSSR count). The molecule has 7 nitrogen and oxygen atoms in total. The third kappa shape index (κ3) is 2.20. The Kier molecular flexibility index (Phi) is 3.06. The van der Waals surface area contributed by atoms with E-state index in [-0.39, 0.29) is 0 Å². The van der Waals surface area contributed by atoms with E-state index < -0.39 is 5.91 Å². The average Bonchev–Trinajstić information content (AvgIpc) is 2.93. The predicted octanol–water partition coefficient (Wildman–Crippen LogP) is 0.644. The number of likely N-dealkylation sites (tertiary alicyclic amines) is 1. The second kappa shape index (κ2) is 4.75. The van der Waals surface area contributed by atoms with Crippen LogP contribution in [0.3, 0.4) is 0 Å². The van der Waals surface area contributed by atoms with Crippen LogP contribution in [0.4, 0.5) is 0 Å². The number of primary amides is 1. The molecule has 0 bridgehead atoms. The quantitative estimate of drug-likeness (QED) is 0.884. The molecule has 1 saturated heterocycles. The lowest BCUT2D eigenvalue weighted by Gasteiger charge is -2.39. The van der Waals surface area contributed by atoms with Gasteiger partial charge in [0.15, 0.2) is 0 Å². The number of carbonyl (C=O) groups excluding carboxylic acids is 1. The molecule has 2 aromatic heterocycles. The van der Waals surface area contributed by atoms with Gasteiger partial charge in [0, 0.05) is 31.4 Å². The van der Waals surface area contributed by atoms with Crippen molar-refractivity contribution in [3.63, 3.8) is 0 Å². The van der Waals surface area contributed by atoms with E-state index in [1.807, 2.05) is 18.5 Å². The molecule has 0 spiro atoms. The van der Waals surface area contributed by atoms with Gasteiger partial charge >= 0.3 is 0 Å². The lowest BCUT2D eigenvalue weighted by atomic mass is 10.1. The summed E-state index contributed by atoms with van der Waals surface area (Å²) in [5, 5.41) is 8.14. The van der Waals surface area contributed by atoms with Crippen LogP contribution in [0, 0.1) is 13.8 Å². The Labute approximate surface area is 116 Å². The molecule has 2 aromatic rings. The number of rotatable bonds is 4. The minimum atomic E-state index is -0.442. The first-order chi connectivity index (χ1) is 9.54. The van der Waals surface area contributed by atoms with Crippen molar-refractivity contribution < 1.29 is 9.32 Å². The van der Waals surface area contributed by atoms with Crippen molar-refractivity contribution in [2.75, 3.05) is 13.1 Å². The number of carbonyl (C=O) groups is 1. The fourth-order valence-corrected chi connectivity index (χ4v) is 2.46. The van der Waals surface area contributed by atoms with E-state index in [9.17, 15) is 4.79 Å². The second-order valence-electron chi connectivity index (χ2n) is 5.22. The lowest BCUT2D eigenvalue weighted by molar-refractivity contribution is 0.0899. The van der Waals surface area contributed by atoms with E-state index in [1.54, 1.807) is 6.20 Å². The summed E-state index contributed by atoms with van der Waals surface area (Å²) >= 11 is 0. The van der Waals surface area contributed by atoms with E-state index in [4.69, 9.17) is 10.3 Å². The summed E-state index contributed by atoms with van der Waals surface area (Å²) in [6.45, 7) is 6.50. The largest absolute Gasteiger partial charge is 0.366 e. The van der Waals surface area contributed by atoms with Crippen LogP contribution in [0.2, 0.25) is 0 Å². The van der Waals surface area contributed by atoms with Crippen LogP contribution in [0.15, 0.2) is 16.9 Å². The van der Waals surface area contributed by atoms with Gasteiger partial charge in [-0.2, -0.15) is 5.10 Å². The fraction of sp³-hybridized carbons (Fsp3) is 0.462. The summed E-state index contributed by atoms with van der Waals surface area (Å²) in [6, 6.07) is 0.295. The van der Waals surface area contributed by atoms with Gasteiger partial charge in [-0.05, 0) is 13.8 Å². The van der Waals surface area contributed by atoms with E-state index in [0.29, 0.717) is 11.6 Å². The lowest BCUT2D eigenvalue weighted by Crippen LogP contribution is -2.47. The standard InChI is InChI=1S/C13H17N5O2/c1-8-12(9(2)20-16-8)7-17-5-11(6-17)18-4-10(3-15-18)13(14)19/h3-4,11H,5-7H2,1-2H3,(H2,14,19). The minimum absolute atomic E-state index is 0.295. The molecule has 20 heavy (non-hydrogen) atoms. The van der Waals surface area contributed by atoms with E-state index >= 15 is 0 Å². The van der Waals surface area contributed by atoms with Crippen molar-refractivity contribution >= 4 is 5.91 Å². The summed E-state index contributed by atoms with van der Waals surface area (Å²) in [5.74, 6) is 0.434. The molecule has 1 aliphatic rings. The van der Waals surface area contributed by atoms with Gasteiger partial charge in [-0.3, -0.25) is 14.4 Å². The molecule has 0 saturated carbocycles. The highest BCUT2D eigenvalue weighted by Gasteiger charge is 2.30. The highest BCUT2D eigenvalue weighted by molar-refractivity contribution is 5.92. The normalized spacial score (nSPS) is 16.3. The van der Waals surface area contributed by atoms with Crippen LogP contribution in [0.5, 0.6) is 0 Å². The Hall–Kier alpha value is -2.15. The smallest absolute Gasteiger partial charge is 0.251 e. The molecule has 1 aliphatic heterocycles. The molecular weight excluding hydrogens is 258 g/mol. The molecule has 3 heterocycles. The first-order valence-electron chi connectivity index (χ1n) is 6.52. The maximum absolute atomic E-state index is 11.0. The zero-order valence-electron chi connectivity index (χ0n) is 11.5. The molecule has 0 radical (unpaired) electrons. The molecule has 0 aromatic carbocycles. The van der Waals surface area contributed by atoms with E-state index in [0.717, 1.165) is 36.7 Å². The average molecular weight is 275 g/mol. The van der Waals surface area contributed by atoms with Crippen molar-refractivity contribution in [2.24, 2.45) is 5.73 Å². The molecule has 1 amide bonds. The van der Waals surface area contributed by atoms with Crippen molar-refractivity contribution in [2.45, 2.75) is 26.4 Å². The van der Waals surface area contributed by atoms with Gasteiger partial charge in [0.1, 0.15) is 5.76 Å². The Bertz CT molecular complexity index is 619. The highest BCUT2D eigenvalue weighted by atomic mass is 16.5. The number of hydrogen-bond donors (Lipinski definition) is 1. The molecule has 0 aliphatic carbocycles. The molecule has 1 fully saturated rings. The zero-order valence-corrected chi connectivity index (χ0v) is 11.5. The van der Waals surface area contributed by atoms with Gasteiger partial charge in [-0.1, -0.05) is 5.16 Å². The molecular formula is C13H17N5O2. The summed E-state index contributed by atoms with van der Waals surface area (Å²) in [4.78, 5) is 13.3. The van der Waals surface area contributed by atoms with Crippen LogP contribution < -0.4 is 5.73 Å². The van der Waals surface area contributed by atoms with Crippen LogP contribution in [0.25, 0.3) is 0 Å². The molecule has 2 N–H and O–H groups in total. The van der Waals surface area contributed by atoms with Crippen molar-refractivity contribution in [3.05, 3.63) is 35.0 Å². The Morgan fingerprint density at radius 2 is 2.25 bits per heavy atom. The number of amides is 1. The maximum atomic E-state index is 11.0. The van der Waals surface area contributed by atoms with Gasteiger partial charge < -0.3 is 10.3 Å². The van der Waals surface area contributed by atoms with Crippen molar-refractivity contribution in [1.29, 1.82) is 0 Å². The van der Waals surface area contributed by atoms with Gasteiger partial charge in [0.2, 0.25) is 0 Å².